The van der Waals surface area contributed by atoms with E-state index in [0.717, 1.165) is 20.1 Å². The summed E-state index contributed by atoms with van der Waals surface area (Å²) in [5.74, 6) is 0.0720. The maximum absolute atomic E-state index is 12.9. The molecule has 0 saturated carbocycles. The van der Waals surface area contributed by atoms with Gasteiger partial charge in [-0.1, -0.05) is 42.0 Å². The fourth-order valence-corrected chi connectivity index (χ4v) is 4.21. The Morgan fingerprint density at radius 3 is 2.43 bits per heavy atom. The van der Waals surface area contributed by atoms with E-state index < -0.39 is 0 Å². The Bertz CT molecular complexity index is 1050. The topological polar surface area (TPSA) is 50.7 Å². The SMILES string of the molecule is Cc1cccc(COc2c(Br)cc(/C=N/NC(=O)Cc3ccc(F)cc3)cc2Br)c1. The fourth-order valence-electron chi connectivity index (χ4n) is 2.76. The highest BCUT2D eigenvalue weighted by atomic mass is 79.9. The number of ether oxygens (including phenoxy) is 1. The van der Waals surface area contributed by atoms with Crippen LogP contribution in [0.4, 0.5) is 4.39 Å². The third kappa shape index (κ3) is 6.50. The van der Waals surface area contributed by atoms with Gasteiger partial charge in [0.25, 0.3) is 0 Å². The van der Waals surface area contributed by atoms with Crippen LogP contribution in [-0.4, -0.2) is 12.1 Å². The molecule has 0 saturated heterocycles. The lowest BCUT2D eigenvalue weighted by molar-refractivity contribution is -0.120. The number of carbonyl (C=O) groups excluding carboxylic acids is 1. The van der Waals surface area contributed by atoms with Crippen molar-refractivity contribution in [2.45, 2.75) is 20.0 Å². The Hall–Kier alpha value is -2.51. The normalized spacial score (nSPS) is 10.9. The molecule has 7 heteroatoms. The van der Waals surface area contributed by atoms with Crippen LogP contribution in [0.1, 0.15) is 22.3 Å². The van der Waals surface area contributed by atoms with E-state index in [2.05, 4.69) is 48.5 Å². The lowest BCUT2D eigenvalue weighted by Crippen LogP contribution is -2.19. The van der Waals surface area contributed by atoms with Crippen LogP contribution >= 0.6 is 31.9 Å². The first-order valence-electron chi connectivity index (χ1n) is 9.14. The van der Waals surface area contributed by atoms with Gasteiger partial charge < -0.3 is 4.74 Å². The van der Waals surface area contributed by atoms with E-state index in [1.165, 1.54) is 17.7 Å². The van der Waals surface area contributed by atoms with E-state index in [9.17, 15) is 9.18 Å². The summed E-state index contributed by atoms with van der Waals surface area (Å²) in [6, 6.07) is 17.6. The molecule has 0 radical (unpaired) electrons. The first-order valence-corrected chi connectivity index (χ1v) is 10.7. The highest BCUT2D eigenvalue weighted by Crippen LogP contribution is 2.35. The average molecular weight is 534 g/mol. The summed E-state index contributed by atoms with van der Waals surface area (Å²) in [6.07, 6.45) is 1.67. The van der Waals surface area contributed by atoms with Gasteiger partial charge in [0, 0.05) is 0 Å². The van der Waals surface area contributed by atoms with Crippen molar-refractivity contribution in [2.24, 2.45) is 5.10 Å². The number of aryl methyl sites for hydroxylation is 1. The first-order chi connectivity index (χ1) is 14.4. The van der Waals surface area contributed by atoms with Crippen molar-refractivity contribution >= 4 is 44.0 Å². The third-order valence-electron chi connectivity index (χ3n) is 4.17. The van der Waals surface area contributed by atoms with Crippen molar-refractivity contribution in [3.63, 3.8) is 0 Å². The molecule has 0 aromatic heterocycles. The molecule has 0 fully saturated rings. The molecule has 3 rings (SSSR count). The second-order valence-corrected chi connectivity index (χ2v) is 8.40. The van der Waals surface area contributed by atoms with E-state index in [1.54, 1.807) is 18.3 Å². The molecule has 0 aliphatic rings. The van der Waals surface area contributed by atoms with Gasteiger partial charge in [-0.25, -0.2) is 9.82 Å². The monoisotopic (exact) mass is 532 g/mol. The van der Waals surface area contributed by atoms with Gasteiger partial charge in [0.05, 0.1) is 21.6 Å². The molecule has 1 N–H and O–H groups in total. The van der Waals surface area contributed by atoms with Crippen LogP contribution in [0.25, 0.3) is 0 Å². The summed E-state index contributed by atoms with van der Waals surface area (Å²) >= 11 is 7.04. The fraction of sp³-hybridized carbons (Fsp3) is 0.130. The highest BCUT2D eigenvalue weighted by Gasteiger charge is 2.09. The van der Waals surface area contributed by atoms with E-state index in [-0.39, 0.29) is 18.1 Å². The number of benzene rings is 3. The lowest BCUT2D eigenvalue weighted by Gasteiger charge is -2.11. The molecule has 0 atom stereocenters. The second-order valence-electron chi connectivity index (χ2n) is 6.69. The van der Waals surface area contributed by atoms with E-state index >= 15 is 0 Å². The van der Waals surface area contributed by atoms with Gasteiger partial charge >= 0.3 is 0 Å². The molecule has 0 aliphatic carbocycles. The van der Waals surface area contributed by atoms with Gasteiger partial charge in [-0.15, -0.1) is 0 Å². The predicted octanol–water partition coefficient (Wildman–Crippen LogP) is 5.93. The zero-order chi connectivity index (χ0) is 21.5. The van der Waals surface area contributed by atoms with Crippen LogP contribution in [0.15, 0.2) is 74.7 Å². The molecule has 0 spiro atoms. The quantitative estimate of drug-likeness (QED) is 0.302. The molecule has 30 heavy (non-hydrogen) atoms. The molecule has 4 nitrogen and oxygen atoms in total. The third-order valence-corrected chi connectivity index (χ3v) is 5.35. The summed E-state index contributed by atoms with van der Waals surface area (Å²) in [6.45, 7) is 2.49. The molecule has 0 unspecified atom stereocenters. The van der Waals surface area contributed by atoms with Crippen LogP contribution in [0.3, 0.4) is 0 Å². The van der Waals surface area contributed by atoms with Crippen molar-refractivity contribution < 1.29 is 13.9 Å². The number of carbonyl (C=O) groups is 1. The van der Waals surface area contributed by atoms with Gasteiger partial charge in [-0.05, 0) is 79.7 Å². The van der Waals surface area contributed by atoms with E-state index in [4.69, 9.17) is 4.74 Å². The Balaban J connectivity index is 1.58. The van der Waals surface area contributed by atoms with Gasteiger partial charge in [0.1, 0.15) is 18.2 Å². The molecular weight excluding hydrogens is 515 g/mol. The van der Waals surface area contributed by atoms with Gasteiger partial charge in [-0.2, -0.15) is 5.10 Å². The number of amides is 1. The van der Waals surface area contributed by atoms with Crippen LogP contribution in [0.2, 0.25) is 0 Å². The Labute approximate surface area is 191 Å². The smallest absolute Gasteiger partial charge is 0.244 e. The van der Waals surface area contributed by atoms with Crippen molar-refractivity contribution in [1.29, 1.82) is 0 Å². The van der Waals surface area contributed by atoms with E-state index in [1.807, 2.05) is 37.3 Å². The second kappa shape index (κ2) is 10.5. The van der Waals surface area contributed by atoms with Crippen molar-refractivity contribution in [3.05, 3.63) is 97.7 Å². The van der Waals surface area contributed by atoms with Crippen LogP contribution in [-0.2, 0) is 17.8 Å². The number of halogens is 3. The Morgan fingerprint density at radius 1 is 1.07 bits per heavy atom. The predicted molar refractivity (Wildman–Crippen MR) is 123 cm³/mol. The number of nitrogens with zero attached hydrogens (tertiary/aromatic N) is 1. The maximum Gasteiger partial charge on any atom is 0.244 e. The zero-order valence-corrected chi connectivity index (χ0v) is 19.3. The molecule has 3 aromatic carbocycles. The summed E-state index contributed by atoms with van der Waals surface area (Å²) < 4.78 is 20.4. The van der Waals surface area contributed by atoms with Crippen molar-refractivity contribution in [3.8, 4) is 5.75 Å². The van der Waals surface area contributed by atoms with Gasteiger partial charge in [0.15, 0.2) is 0 Å². The van der Waals surface area contributed by atoms with E-state index in [0.29, 0.717) is 17.9 Å². The minimum atomic E-state index is -0.334. The minimum Gasteiger partial charge on any atom is -0.487 e. The van der Waals surface area contributed by atoms with Crippen LogP contribution < -0.4 is 10.2 Å². The number of hydrazone groups is 1. The highest BCUT2D eigenvalue weighted by molar-refractivity contribution is 9.11. The number of hydrogen-bond donors (Lipinski definition) is 1. The molecule has 0 aliphatic heterocycles. The molecule has 1 amide bonds. The zero-order valence-electron chi connectivity index (χ0n) is 16.2. The molecular formula is C23H19Br2FN2O2. The maximum atomic E-state index is 12.9. The van der Waals surface area contributed by atoms with Crippen molar-refractivity contribution in [1.82, 2.24) is 5.43 Å². The summed E-state index contributed by atoms with van der Waals surface area (Å²) in [4.78, 5) is 12.0. The lowest BCUT2D eigenvalue weighted by atomic mass is 10.1. The number of rotatable bonds is 7. The Kier molecular flexibility index (Phi) is 7.76. The summed E-state index contributed by atoms with van der Waals surface area (Å²) in [7, 11) is 0. The standard InChI is InChI=1S/C23H19Br2FN2O2/c1-15-3-2-4-17(9-15)14-30-23-20(24)10-18(11-21(23)25)13-27-28-22(29)12-16-5-7-19(26)8-6-16/h2-11,13H,12,14H2,1H3,(H,28,29)/b27-13+. The number of nitrogens with one attached hydrogen (secondary N) is 1. The summed E-state index contributed by atoms with van der Waals surface area (Å²) in [5, 5.41) is 3.99. The van der Waals surface area contributed by atoms with Gasteiger partial charge in [-0.3, -0.25) is 4.79 Å². The van der Waals surface area contributed by atoms with Gasteiger partial charge in [0.2, 0.25) is 5.91 Å². The molecule has 0 heterocycles. The average Bonchev–Trinajstić information content (AvgIpc) is 2.69. The molecule has 154 valence electrons. The number of hydrogen-bond acceptors (Lipinski definition) is 3. The minimum absolute atomic E-state index is 0.122. The Morgan fingerprint density at radius 2 is 1.77 bits per heavy atom. The first kappa shape index (κ1) is 22.2. The molecule has 3 aromatic rings. The van der Waals surface area contributed by atoms with Crippen LogP contribution in [0, 0.1) is 12.7 Å². The molecule has 0 bridgehead atoms. The van der Waals surface area contributed by atoms with Crippen molar-refractivity contribution in [2.75, 3.05) is 0 Å². The largest absolute Gasteiger partial charge is 0.487 e. The summed E-state index contributed by atoms with van der Waals surface area (Å²) in [5.41, 5.74) is 6.23. The van der Waals surface area contributed by atoms with Crippen LogP contribution in [0.5, 0.6) is 5.75 Å².